The Morgan fingerprint density at radius 1 is 0.578 bits per heavy atom. The molecule has 0 bridgehead atoms. The molecule has 0 radical (unpaired) electrons. The Hall–Kier alpha value is -6.14. The van der Waals surface area contributed by atoms with Crippen LogP contribution in [-0.2, 0) is 6.61 Å². The van der Waals surface area contributed by atoms with Crippen molar-refractivity contribution in [3.05, 3.63) is 161 Å². The average Bonchev–Trinajstić information content (AvgIpc) is 3.07. The standard InChI is InChI=1S/C39H27NO5/c41-29-18-14-27(15-19-29)38-32-10-4-6-12-34(32)39(35-13-7-5-11-33(35)38)28-16-20-30(21-17-28)45-31-22-23-36(40(42)43)37(24-31)44-25-26-8-2-1-3-9-26/h1-24,41H,25H2. The molecule has 0 unspecified atom stereocenters. The molecule has 6 nitrogen and oxygen atoms in total. The van der Waals surface area contributed by atoms with Crippen molar-refractivity contribution >= 4 is 27.2 Å². The van der Waals surface area contributed by atoms with E-state index in [2.05, 4.69) is 24.3 Å². The van der Waals surface area contributed by atoms with E-state index in [1.165, 1.54) is 6.07 Å². The summed E-state index contributed by atoms with van der Waals surface area (Å²) in [6.07, 6.45) is 0. The predicted molar refractivity (Wildman–Crippen MR) is 178 cm³/mol. The van der Waals surface area contributed by atoms with Gasteiger partial charge >= 0.3 is 5.69 Å². The molecule has 0 fully saturated rings. The number of fused-ring (bicyclic) bond motifs is 2. The summed E-state index contributed by atoms with van der Waals surface area (Å²) < 4.78 is 12.0. The van der Waals surface area contributed by atoms with Gasteiger partial charge in [0.1, 0.15) is 23.9 Å². The monoisotopic (exact) mass is 589 g/mol. The smallest absolute Gasteiger partial charge is 0.311 e. The van der Waals surface area contributed by atoms with Gasteiger partial charge in [-0.3, -0.25) is 10.1 Å². The number of benzene rings is 7. The number of rotatable bonds is 8. The zero-order valence-electron chi connectivity index (χ0n) is 24.1. The summed E-state index contributed by atoms with van der Waals surface area (Å²) in [6.45, 7) is 0.202. The van der Waals surface area contributed by atoms with E-state index in [-0.39, 0.29) is 23.8 Å². The number of nitro groups is 1. The topological polar surface area (TPSA) is 81.8 Å². The maximum atomic E-state index is 11.7. The second-order valence-corrected chi connectivity index (χ2v) is 10.7. The third kappa shape index (κ3) is 5.53. The van der Waals surface area contributed by atoms with Gasteiger partial charge in [-0.25, -0.2) is 0 Å². The Bertz CT molecular complexity index is 2100. The van der Waals surface area contributed by atoms with Crippen molar-refractivity contribution in [2.24, 2.45) is 0 Å². The molecule has 7 rings (SSSR count). The predicted octanol–water partition coefficient (Wildman–Crippen LogP) is 10.3. The van der Waals surface area contributed by atoms with Crippen molar-refractivity contribution in [2.75, 3.05) is 0 Å². The van der Waals surface area contributed by atoms with E-state index in [1.807, 2.05) is 91.0 Å². The van der Waals surface area contributed by atoms with Crippen LogP contribution in [0, 0.1) is 10.1 Å². The molecule has 7 aromatic carbocycles. The molecule has 218 valence electrons. The zero-order chi connectivity index (χ0) is 30.8. The van der Waals surface area contributed by atoms with Crippen LogP contribution in [0.5, 0.6) is 23.0 Å². The van der Waals surface area contributed by atoms with Crippen LogP contribution in [0.15, 0.2) is 146 Å². The normalized spacial score (nSPS) is 11.0. The van der Waals surface area contributed by atoms with Crippen LogP contribution in [0.25, 0.3) is 43.8 Å². The Labute approximate surface area is 259 Å². The fourth-order valence-corrected chi connectivity index (χ4v) is 5.76. The molecule has 0 atom stereocenters. The first-order chi connectivity index (χ1) is 22.0. The molecule has 0 aliphatic carbocycles. The third-order valence-corrected chi connectivity index (χ3v) is 7.83. The van der Waals surface area contributed by atoms with Gasteiger partial charge in [0.15, 0.2) is 0 Å². The first kappa shape index (κ1) is 27.7. The number of hydrogen-bond acceptors (Lipinski definition) is 5. The number of aromatic hydroxyl groups is 1. The van der Waals surface area contributed by atoms with Crippen molar-refractivity contribution in [2.45, 2.75) is 6.61 Å². The zero-order valence-corrected chi connectivity index (χ0v) is 24.1. The second-order valence-electron chi connectivity index (χ2n) is 10.7. The lowest BCUT2D eigenvalue weighted by molar-refractivity contribution is -0.386. The summed E-state index contributed by atoms with van der Waals surface area (Å²) in [5, 5.41) is 26.0. The summed E-state index contributed by atoms with van der Waals surface area (Å²) in [5.74, 6) is 1.40. The third-order valence-electron chi connectivity index (χ3n) is 7.83. The number of nitrogens with zero attached hydrogens (tertiary/aromatic N) is 1. The molecule has 0 saturated heterocycles. The lowest BCUT2D eigenvalue weighted by atomic mass is 9.86. The van der Waals surface area contributed by atoms with Crippen LogP contribution in [-0.4, -0.2) is 10.0 Å². The summed E-state index contributed by atoms with van der Waals surface area (Å²) in [6, 6.07) is 46.0. The first-order valence-electron chi connectivity index (χ1n) is 14.5. The Morgan fingerprint density at radius 3 is 1.60 bits per heavy atom. The number of phenols is 1. The van der Waals surface area contributed by atoms with Crippen LogP contribution in [0.3, 0.4) is 0 Å². The highest BCUT2D eigenvalue weighted by Gasteiger charge is 2.18. The lowest BCUT2D eigenvalue weighted by Gasteiger charge is -2.18. The van der Waals surface area contributed by atoms with Crippen LogP contribution in [0.2, 0.25) is 0 Å². The van der Waals surface area contributed by atoms with Gasteiger partial charge in [-0.05, 0) is 79.7 Å². The highest BCUT2D eigenvalue weighted by molar-refractivity contribution is 6.21. The summed E-state index contributed by atoms with van der Waals surface area (Å²) in [4.78, 5) is 11.2. The van der Waals surface area contributed by atoms with E-state index < -0.39 is 4.92 Å². The largest absolute Gasteiger partial charge is 0.508 e. The van der Waals surface area contributed by atoms with Crippen LogP contribution in [0.4, 0.5) is 5.69 Å². The van der Waals surface area contributed by atoms with Crippen LogP contribution < -0.4 is 9.47 Å². The van der Waals surface area contributed by atoms with Gasteiger partial charge in [0.25, 0.3) is 0 Å². The van der Waals surface area contributed by atoms with E-state index in [9.17, 15) is 15.2 Å². The summed E-state index contributed by atoms with van der Waals surface area (Å²) in [7, 11) is 0. The maximum Gasteiger partial charge on any atom is 0.311 e. The molecule has 7 aromatic rings. The first-order valence-corrected chi connectivity index (χ1v) is 14.5. The van der Waals surface area contributed by atoms with Gasteiger partial charge in [0, 0.05) is 12.1 Å². The van der Waals surface area contributed by atoms with Crippen molar-refractivity contribution in [3.8, 4) is 45.3 Å². The molecule has 0 spiro atoms. The van der Waals surface area contributed by atoms with Crippen LogP contribution in [0.1, 0.15) is 5.56 Å². The molecular formula is C39H27NO5. The molecule has 0 amide bonds. The summed E-state index contributed by atoms with van der Waals surface area (Å²) in [5.41, 5.74) is 5.08. The fraction of sp³-hybridized carbons (Fsp3) is 0.0256. The van der Waals surface area contributed by atoms with Crippen molar-refractivity contribution < 1.29 is 19.5 Å². The molecule has 0 aliphatic heterocycles. The minimum atomic E-state index is -0.458. The number of ether oxygens (including phenoxy) is 2. The minimum Gasteiger partial charge on any atom is -0.508 e. The van der Waals surface area contributed by atoms with Crippen molar-refractivity contribution in [3.63, 3.8) is 0 Å². The van der Waals surface area contributed by atoms with E-state index in [1.54, 1.807) is 24.3 Å². The Morgan fingerprint density at radius 2 is 1.07 bits per heavy atom. The average molecular weight is 590 g/mol. The molecule has 6 heteroatoms. The van der Waals surface area contributed by atoms with Gasteiger partial charge < -0.3 is 14.6 Å². The van der Waals surface area contributed by atoms with Gasteiger partial charge in [-0.2, -0.15) is 0 Å². The van der Waals surface area contributed by atoms with E-state index in [0.717, 1.165) is 49.4 Å². The molecular weight excluding hydrogens is 562 g/mol. The molecule has 0 saturated carbocycles. The van der Waals surface area contributed by atoms with Gasteiger partial charge in [-0.1, -0.05) is 103 Å². The molecule has 0 heterocycles. The Kier molecular flexibility index (Phi) is 7.29. The van der Waals surface area contributed by atoms with Gasteiger partial charge in [0.05, 0.1) is 4.92 Å². The highest BCUT2D eigenvalue weighted by Crippen LogP contribution is 2.44. The highest BCUT2D eigenvalue weighted by atomic mass is 16.6. The number of phenolic OH excluding ortho intramolecular Hbond substituents is 1. The SMILES string of the molecule is O=[N+]([O-])c1ccc(Oc2ccc(-c3c4ccccc4c(-c4ccc(O)cc4)c4ccccc34)cc2)cc1OCc1ccccc1. The molecule has 45 heavy (non-hydrogen) atoms. The minimum absolute atomic E-state index is 0.122. The lowest BCUT2D eigenvalue weighted by Crippen LogP contribution is -1.99. The van der Waals surface area contributed by atoms with Gasteiger partial charge in [0.2, 0.25) is 5.75 Å². The molecule has 0 aliphatic rings. The van der Waals surface area contributed by atoms with E-state index >= 15 is 0 Å². The molecule has 1 N–H and O–H groups in total. The van der Waals surface area contributed by atoms with Crippen molar-refractivity contribution in [1.29, 1.82) is 0 Å². The molecule has 0 aromatic heterocycles. The second kappa shape index (κ2) is 11.9. The Balaban J connectivity index is 1.24. The van der Waals surface area contributed by atoms with E-state index in [4.69, 9.17) is 9.47 Å². The van der Waals surface area contributed by atoms with Crippen molar-refractivity contribution in [1.82, 2.24) is 0 Å². The number of nitro benzene ring substituents is 1. The maximum absolute atomic E-state index is 11.7. The number of hydrogen-bond donors (Lipinski definition) is 1. The quantitative estimate of drug-likeness (QED) is 0.108. The summed E-state index contributed by atoms with van der Waals surface area (Å²) >= 11 is 0. The van der Waals surface area contributed by atoms with Crippen LogP contribution >= 0.6 is 0 Å². The fourth-order valence-electron chi connectivity index (χ4n) is 5.76. The van der Waals surface area contributed by atoms with E-state index in [0.29, 0.717) is 11.5 Å². The van der Waals surface area contributed by atoms with Gasteiger partial charge in [-0.15, -0.1) is 0 Å².